The zero-order valence-corrected chi connectivity index (χ0v) is 29.8. The maximum absolute atomic E-state index is 13.3. The summed E-state index contributed by atoms with van der Waals surface area (Å²) in [7, 11) is 0. The van der Waals surface area contributed by atoms with Gasteiger partial charge in [-0.1, -0.05) is 127 Å². The van der Waals surface area contributed by atoms with E-state index in [4.69, 9.17) is 14.2 Å². The summed E-state index contributed by atoms with van der Waals surface area (Å²) in [6, 6.07) is 43.7. The number of aliphatic hydroxyl groups excluding tert-OH is 1. The normalized spacial score (nSPS) is 19.9. The predicted octanol–water partition coefficient (Wildman–Crippen LogP) is 6.99. The highest BCUT2D eigenvalue weighted by atomic mass is 16.7. The fraction of sp³-hybridized carbons (Fsp3) is 0.250. The van der Waals surface area contributed by atoms with Crippen molar-refractivity contribution in [1.29, 1.82) is 0 Å². The molecule has 2 aliphatic rings. The molecule has 5 aromatic carbocycles. The van der Waals surface area contributed by atoms with Gasteiger partial charge in [-0.3, -0.25) is 14.5 Å². The van der Waals surface area contributed by atoms with Gasteiger partial charge in [0.2, 0.25) is 5.91 Å². The lowest BCUT2D eigenvalue weighted by molar-refractivity contribution is -0.253. The van der Waals surface area contributed by atoms with Crippen LogP contribution in [-0.2, 0) is 50.1 Å². The molecule has 0 saturated carbocycles. The quantitative estimate of drug-likeness (QED) is 0.125. The number of benzene rings is 5. The Morgan fingerprint density at radius 1 is 0.722 bits per heavy atom. The van der Waals surface area contributed by atoms with Crippen molar-refractivity contribution in [2.45, 2.75) is 63.7 Å². The molecule has 0 aliphatic carbocycles. The van der Waals surface area contributed by atoms with Crippen LogP contribution in [0.15, 0.2) is 140 Å². The zero-order valence-electron chi connectivity index (χ0n) is 29.8. The number of hydrogen-bond acceptors (Lipinski definition) is 8. The van der Waals surface area contributed by atoms with Crippen molar-refractivity contribution in [2.75, 3.05) is 11.4 Å². The van der Waals surface area contributed by atoms with E-state index in [0.717, 1.165) is 40.2 Å². The number of amides is 3. The summed E-state index contributed by atoms with van der Waals surface area (Å²) in [6.45, 7) is 2.13. The molecule has 2 heterocycles. The first-order valence-corrected chi connectivity index (χ1v) is 18.2. The van der Waals surface area contributed by atoms with Gasteiger partial charge in [-0.25, -0.2) is 9.69 Å². The van der Waals surface area contributed by atoms with Gasteiger partial charge >= 0.3 is 6.09 Å². The van der Waals surface area contributed by atoms with Gasteiger partial charge in [0.15, 0.2) is 6.29 Å². The Balaban J connectivity index is 1.06. The summed E-state index contributed by atoms with van der Waals surface area (Å²) in [4.78, 5) is 42.3. The van der Waals surface area contributed by atoms with Crippen molar-refractivity contribution >= 4 is 23.6 Å². The first-order chi connectivity index (χ1) is 26.4. The molecular weight excluding hydrogens is 682 g/mol. The number of ether oxygens (including phenoxy) is 3. The molecule has 54 heavy (non-hydrogen) atoms. The fourth-order valence-corrected chi connectivity index (χ4v) is 6.89. The summed E-state index contributed by atoms with van der Waals surface area (Å²) in [5, 5.41) is 12.2. The maximum Gasteiger partial charge on any atom is 0.408 e. The lowest BCUT2D eigenvalue weighted by Gasteiger charge is -2.38. The molecule has 7 rings (SSSR count). The number of carbonyl (C=O) groups excluding carboxylic acids is 3. The van der Waals surface area contributed by atoms with Crippen LogP contribution in [0.25, 0.3) is 0 Å². The van der Waals surface area contributed by atoms with E-state index in [0.29, 0.717) is 18.7 Å². The third-order valence-corrected chi connectivity index (χ3v) is 9.65. The van der Waals surface area contributed by atoms with Crippen LogP contribution in [0.5, 0.6) is 0 Å². The van der Waals surface area contributed by atoms with Crippen LogP contribution in [0.2, 0.25) is 0 Å². The number of hydrogen-bond donors (Lipinski definition) is 2. The minimum Gasteiger partial charge on any atom is -0.445 e. The molecule has 1 unspecified atom stereocenters. The molecule has 3 amide bonds. The Morgan fingerprint density at radius 2 is 1.30 bits per heavy atom. The van der Waals surface area contributed by atoms with E-state index in [2.05, 4.69) is 34.5 Å². The fourth-order valence-electron chi connectivity index (χ4n) is 6.89. The molecule has 2 fully saturated rings. The lowest BCUT2D eigenvalue weighted by atomic mass is 9.99. The summed E-state index contributed by atoms with van der Waals surface area (Å²) in [5.74, 6) is -0.951. The van der Waals surface area contributed by atoms with Crippen molar-refractivity contribution in [3.63, 3.8) is 0 Å². The van der Waals surface area contributed by atoms with Gasteiger partial charge < -0.3 is 24.6 Å². The van der Waals surface area contributed by atoms with Gasteiger partial charge in [0, 0.05) is 31.6 Å². The van der Waals surface area contributed by atoms with Gasteiger partial charge in [0.1, 0.15) is 12.6 Å². The van der Waals surface area contributed by atoms with E-state index in [9.17, 15) is 19.5 Å². The number of nitrogens with zero attached hydrogens (tertiary/aromatic N) is 2. The number of nitrogens with one attached hydrogen (secondary N) is 1. The Labute approximate surface area is 314 Å². The van der Waals surface area contributed by atoms with Crippen molar-refractivity contribution in [1.82, 2.24) is 10.2 Å². The first kappa shape index (κ1) is 36.7. The van der Waals surface area contributed by atoms with Crippen LogP contribution in [-0.4, -0.2) is 46.6 Å². The molecule has 0 aromatic heterocycles. The summed E-state index contributed by atoms with van der Waals surface area (Å²) in [6.07, 6.45) is -1.53. The number of anilines is 1. The number of rotatable bonds is 13. The van der Waals surface area contributed by atoms with Crippen LogP contribution >= 0.6 is 0 Å². The molecule has 2 saturated heterocycles. The van der Waals surface area contributed by atoms with E-state index < -0.39 is 30.2 Å². The molecule has 10 heteroatoms. The highest BCUT2D eigenvalue weighted by Crippen LogP contribution is 2.39. The minimum absolute atomic E-state index is 0.0440. The third-order valence-electron chi connectivity index (χ3n) is 9.65. The Hall–Kier alpha value is -5.65. The van der Waals surface area contributed by atoms with Gasteiger partial charge in [0.25, 0.3) is 5.91 Å². The topological polar surface area (TPSA) is 118 Å². The van der Waals surface area contributed by atoms with E-state index in [1.165, 1.54) is 11.1 Å². The second kappa shape index (κ2) is 17.5. The number of imide groups is 1. The second-order valence-electron chi connectivity index (χ2n) is 13.6. The average molecular weight is 726 g/mol. The Kier molecular flexibility index (Phi) is 11.9. The SMILES string of the molecule is O=C(NC1CC(=O)N(c2ccc([C@H]3O[C@@H](CN(Cc4ccccc4)Cc4ccccc4)C[C@@H](c4ccc(CO)cc4)O3)cc2)C1=O)OCc1ccccc1. The predicted molar refractivity (Wildman–Crippen MR) is 203 cm³/mol. The van der Waals surface area contributed by atoms with Crippen molar-refractivity contribution in [3.05, 3.63) is 173 Å². The molecule has 2 N–H and O–H groups in total. The van der Waals surface area contributed by atoms with Crippen LogP contribution in [0.1, 0.15) is 58.6 Å². The Bertz CT molecular complexity index is 1950. The van der Waals surface area contributed by atoms with Gasteiger partial charge in [-0.2, -0.15) is 0 Å². The average Bonchev–Trinajstić information content (AvgIpc) is 3.49. The molecule has 276 valence electrons. The molecular formula is C44H43N3O7. The van der Waals surface area contributed by atoms with Crippen molar-refractivity contribution < 1.29 is 33.7 Å². The lowest BCUT2D eigenvalue weighted by Crippen LogP contribution is -2.42. The number of aliphatic hydroxyl groups is 1. The largest absolute Gasteiger partial charge is 0.445 e. The number of carbonyl (C=O) groups is 3. The molecule has 0 spiro atoms. The van der Waals surface area contributed by atoms with Gasteiger partial charge in [-0.05, 0) is 39.9 Å². The minimum atomic E-state index is -1.03. The highest BCUT2D eigenvalue weighted by Gasteiger charge is 2.41. The van der Waals surface area contributed by atoms with Crippen LogP contribution in [0, 0.1) is 0 Å². The maximum atomic E-state index is 13.3. The standard InChI is InChI=1S/C44H43N3O7/c48-29-33-16-18-35(19-17-33)40-24-38(28-46(26-31-10-4-1-5-11-31)27-32-12-6-2-7-13-32)53-43(54-40)36-20-22-37(23-21-36)47-41(49)25-39(42(47)50)45-44(51)52-30-34-14-8-3-9-15-34/h1-23,38-40,43,48H,24-30H2,(H,45,51)/t38-,39?,40+,43+/m1/s1. The molecule has 0 bridgehead atoms. The second-order valence-corrected chi connectivity index (χ2v) is 13.6. The van der Waals surface area contributed by atoms with E-state index in [-0.39, 0.29) is 31.8 Å². The van der Waals surface area contributed by atoms with Gasteiger partial charge in [0.05, 0.1) is 30.9 Å². The smallest absolute Gasteiger partial charge is 0.408 e. The van der Waals surface area contributed by atoms with Crippen molar-refractivity contribution in [2.24, 2.45) is 0 Å². The zero-order chi connectivity index (χ0) is 37.3. The first-order valence-electron chi connectivity index (χ1n) is 18.2. The molecule has 0 radical (unpaired) electrons. The van der Waals surface area contributed by atoms with E-state index in [1.807, 2.05) is 91.0 Å². The molecule has 5 aromatic rings. The third kappa shape index (κ3) is 9.28. The molecule has 2 aliphatic heterocycles. The van der Waals surface area contributed by atoms with Crippen LogP contribution in [0.3, 0.4) is 0 Å². The van der Waals surface area contributed by atoms with Crippen LogP contribution < -0.4 is 10.2 Å². The number of alkyl carbamates (subject to hydrolysis) is 1. The monoisotopic (exact) mass is 725 g/mol. The van der Waals surface area contributed by atoms with Gasteiger partial charge in [-0.15, -0.1) is 0 Å². The summed E-state index contributed by atoms with van der Waals surface area (Å²) < 4.78 is 18.5. The summed E-state index contributed by atoms with van der Waals surface area (Å²) >= 11 is 0. The highest BCUT2D eigenvalue weighted by molar-refractivity contribution is 6.22. The van der Waals surface area contributed by atoms with E-state index in [1.54, 1.807) is 24.3 Å². The summed E-state index contributed by atoms with van der Waals surface area (Å²) in [5.41, 5.74) is 6.14. The molecule has 4 atom stereocenters. The van der Waals surface area contributed by atoms with E-state index >= 15 is 0 Å². The Morgan fingerprint density at radius 3 is 1.89 bits per heavy atom. The molecule has 10 nitrogen and oxygen atoms in total. The van der Waals surface area contributed by atoms with Crippen LogP contribution in [0.4, 0.5) is 10.5 Å². The van der Waals surface area contributed by atoms with Crippen molar-refractivity contribution in [3.8, 4) is 0 Å².